The monoisotopic (exact) mass is 335 g/mol. The van der Waals surface area contributed by atoms with Gasteiger partial charge in [0.1, 0.15) is 6.54 Å². The van der Waals surface area contributed by atoms with Gasteiger partial charge >= 0.3 is 5.97 Å². The maximum atomic E-state index is 12.7. The zero-order valence-corrected chi connectivity index (χ0v) is 14.3. The van der Waals surface area contributed by atoms with Gasteiger partial charge in [-0.25, -0.2) is 0 Å². The molecule has 0 radical (unpaired) electrons. The Hall–Kier alpha value is -2.24. The van der Waals surface area contributed by atoms with Crippen LogP contribution in [0, 0.1) is 0 Å². The zero-order chi connectivity index (χ0) is 17.5. The second-order valence-electron chi connectivity index (χ2n) is 5.85. The van der Waals surface area contributed by atoms with E-state index in [1.54, 1.807) is 18.2 Å². The number of amides is 1. The molecule has 0 unspecified atom stereocenters. The number of ether oxygens (including phenoxy) is 2. The lowest BCUT2D eigenvalue weighted by Crippen LogP contribution is -2.37. The molecule has 132 valence electrons. The molecule has 0 aliphatic heterocycles. The van der Waals surface area contributed by atoms with Gasteiger partial charge in [0, 0.05) is 11.6 Å². The van der Waals surface area contributed by atoms with Gasteiger partial charge < -0.3 is 19.5 Å². The molecule has 1 amide bonds. The van der Waals surface area contributed by atoms with Crippen molar-refractivity contribution in [2.75, 3.05) is 19.8 Å². The number of hydrogen-bond acceptors (Lipinski definition) is 4. The predicted molar refractivity (Wildman–Crippen MR) is 89.7 cm³/mol. The van der Waals surface area contributed by atoms with Crippen LogP contribution in [0.5, 0.6) is 11.5 Å². The van der Waals surface area contributed by atoms with Crippen LogP contribution in [-0.4, -0.2) is 47.7 Å². The van der Waals surface area contributed by atoms with Crippen molar-refractivity contribution in [3.63, 3.8) is 0 Å². The first-order valence-corrected chi connectivity index (χ1v) is 8.49. The fourth-order valence-corrected chi connectivity index (χ4v) is 2.42. The van der Waals surface area contributed by atoms with E-state index in [9.17, 15) is 9.59 Å². The zero-order valence-electron chi connectivity index (χ0n) is 14.3. The molecule has 0 heterocycles. The number of benzene rings is 1. The van der Waals surface area contributed by atoms with Crippen molar-refractivity contribution >= 4 is 11.9 Å². The molecule has 1 fully saturated rings. The van der Waals surface area contributed by atoms with Crippen LogP contribution in [0.15, 0.2) is 18.2 Å². The van der Waals surface area contributed by atoms with Crippen molar-refractivity contribution in [3.05, 3.63) is 23.8 Å². The van der Waals surface area contributed by atoms with E-state index in [2.05, 4.69) is 6.92 Å². The minimum absolute atomic E-state index is 0.0321. The average molecular weight is 335 g/mol. The molecule has 1 N–H and O–H groups in total. The van der Waals surface area contributed by atoms with Crippen LogP contribution in [0.4, 0.5) is 0 Å². The van der Waals surface area contributed by atoms with Crippen LogP contribution in [0.25, 0.3) is 0 Å². The molecule has 0 aromatic heterocycles. The van der Waals surface area contributed by atoms with Gasteiger partial charge in [-0.05, 0) is 44.4 Å². The van der Waals surface area contributed by atoms with Gasteiger partial charge in [-0.2, -0.15) is 0 Å². The van der Waals surface area contributed by atoms with E-state index in [0.29, 0.717) is 30.3 Å². The van der Waals surface area contributed by atoms with Crippen molar-refractivity contribution in [1.82, 2.24) is 4.90 Å². The third-order valence-corrected chi connectivity index (χ3v) is 3.80. The van der Waals surface area contributed by atoms with Crippen LogP contribution in [0.3, 0.4) is 0 Å². The highest BCUT2D eigenvalue weighted by Gasteiger charge is 2.34. The predicted octanol–water partition coefficient (Wildman–Crippen LogP) is 2.95. The van der Waals surface area contributed by atoms with E-state index < -0.39 is 5.97 Å². The van der Waals surface area contributed by atoms with E-state index in [0.717, 1.165) is 25.7 Å². The molecule has 6 nitrogen and oxygen atoms in total. The molecule has 1 aromatic carbocycles. The number of carbonyl (C=O) groups is 2. The molecule has 1 aliphatic rings. The SMILES string of the molecule is CCCCOc1ccc(C(=O)N(CC(=O)O)C2CC2)cc1OCC. The third-order valence-electron chi connectivity index (χ3n) is 3.80. The summed E-state index contributed by atoms with van der Waals surface area (Å²) in [4.78, 5) is 25.1. The number of carboxylic acid groups (broad SMARTS) is 1. The minimum Gasteiger partial charge on any atom is -0.490 e. The quantitative estimate of drug-likeness (QED) is 0.665. The molecule has 0 atom stereocenters. The van der Waals surface area contributed by atoms with E-state index in [-0.39, 0.29) is 18.5 Å². The summed E-state index contributed by atoms with van der Waals surface area (Å²) >= 11 is 0. The summed E-state index contributed by atoms with van der Waals surface area (Å²) in [6.07, 6.45) is 3.69. The Balaban J connectivity index is 2.17. The number of carbonyl (C=O) groups excluding carboxylic acids is 1. The molecular formula is C18H25NO5. The van der Waals surface area contributed by atoms with Gasteiger partial charge in [0.15, 0.2) is 11.5 Å². The summed E-state index contributed by atoms with van der Waals surface area (Å²) in [5.41, 5.74) is 0.425. The van der Waals surface area contributed by atoms with Gasteiger partial charge in [0.2, 0.25) is 0 Å². The van der Waals surface area contributed by atoms with Crippen LogP contribution < -0.4 is 9.47 Å². The second-order valence-corrected chi connectivity index (χ2v) is 5.85. The molecule has 1 aliphatic carbocycles. The summed E-state index contributed by atoms with van der Waals surface area (Å²) < 4.78 is 11.3. The molecule has 6 heteroatoms. The highest BCUT2D eigenvalue weighted by Crippen LogP contribution is 2.32. The van der Waals surface area contributed by atoms with E-state index >= 15 is 0 Å². The van der Waals surface area contributed by atoms with Crippen molar-refractivity contribution in [2.45, 2.75) is 45.6 Å². The molecule has 1 aromatic rings. The molecule has 24 heavy (non-hydrogen) atoms. The second kappa shape index (κ2) is 8.57. The Morgan fingerprint density at radius 1 is 1.21 bits per heavy atom. The lowest BCUT2D eigenvalue weighted by molar-refractivity contribution is -0.137. The molecule has 2 rings (SSSR count). The minimum atomic E-state index is -1.00. The summed E-state index contributed by atoms with van der Waals surface area (Å²) in [7, 11) is 0. The lowest BCUT2D eigenvalue weighted by atomic mass is 10.1. The van der Waals surface area contributed by atoms with Gasteiger partial charge in [-0.3, -0.25) is 9.59 Å². The molecular weight excluding hydrogens is 310 g/mol. The highest BCUT2D eigenvalue weighted by molar-refractivity contribution is 5.96. The largest absolute Gasteiger partial charge is 0.490 e. The van der Waals surface area contributed by atoms with Crippen LogP contribution in [0.1, 0.15) is 49.9 Å². The first kappa shape index (κ1) is 18.1. The highest BCUT2D eigenvalue weighted by atomic mass is 16.5. The van der Waals surface area contributed by atoms with Crippen LogP contribution in [-0.2, 0) is 4.79 Å². The number of unbranched alkanes of at least 4 members (excludes halogenated alkanes) is 1. The molecule has 1 saturated carbocycles. The van der Waals surface area contributed by atoms with E-state index in [1.165, 1.54) is 4.90 Å². The smallest absolute Gasteiger partial charge is 0.323 e. The fourth-order valence-electron chi connectivity index (χ4n) is 2.42. The van der Waals surface area contributed by atoms with Gasteiger partial charge in [0.05, 0.1) is 13.2 Å². The van der Waals surface area contributed by atoms with E-state index in [1.807, 2.05) is 6.92 Å². The summed E-state index contributed by atoms with van der Waals surface area (Å²) in [5, 5.41) is 9.02. The Morgan fingerprint density at radius 3 is 2.54 bits per heavy atom. The first-order valence-electron chi connectivity index (χ1n) is 8.49. The molecule has 0 spiro atoms. The van der Waals surface area contributed by atoms with Crippen molar-refractivity contribution in [1.29, 1.82) is 0 Å². The van der Waals surface area contributed by atoms with Crippen LogP contribution >= 0.6 is 0 Å². The molecule has 0 bridgehead atoms. The Morgan fingerprint density at radius 2 is 1.96 bits per heavy atom. The van der Waals surface area contributed by atoms with Crippen molar-refractivity contribution in [2.24, 2.45) is 0 Å². The Bertz CT molecular complexity index is 583. The van der Waals surface area contributed by atoms with Crippen LogP contribution in [0.2, 0.25) is 0 Å². The summed E-state index contributed by atoms with van der Waals surface area (Å²) in [6, 6.07) is 5.07. The molecule has 0 saturated heterocycles. The number of aliphatic carboxylic acids is 1. The number of rotatable bonds is 10. The van der Waals surface area contributed by atoms with Gasteiger partial charge in [-0.1, -0.05) is 13.3 Å². The fraction of sp³-hybridized carbons (Fsp3) is 0.556. The Labute approximate surface area is 142 Å². The van der Waals surface area contributed by atoms with Gasteiger partial charge in [0.25, 0.3) is 5.91 Å². The topological polar surface area (TPSA) is 76.1 Å². The summed E-state index contributed by atoms with van der Waals surface area (Å²) in [6.45, 7) is 4.73. The third kappa shape index (κ3) is 4.88. The number of hydrogen-bond donors (Lipinski definition) is 1. The summed E-state index contributed by atoms with van der Waals surface area (Å²) in [5.74, 6) is -0.149. The maximum absolute atomic E-state index is 12.7. The standard InChI is InChI=1S/C18H25NO5/c1-3-5-10-24-15-9-6-13(11-16(15)23-4-2)18(22)19(12-17(20)21)14-7-8-14/h6,9,11,14H,3-5,7-8,10,12H2,1-2H3,(H,20,21). The average Bonchev–Trinajstić information content (AvgIpc) is 3.38. The van der Waals surface area contributed by atoms with Crippen molar-refractivity contribution in [3.8, 4) is 11.5 Å². The van der Waals surface area contributed by atoms with Gasteiger partial charge in [-0.15, -0.1) is 0 Å². The lowest BCUT2D eigenvalue weighted by Gasteiger charge is -2.21. The normalized spacial score (nSPS) is 13.4. The maximum Gasteiger partial charge on any atom is 0.323 e. The number of nitrogens with zero attached hydrogens (tertiary/aromatic N) is 1. The van der Waals surface area contributed by atoms with Crippen molar-refractivity contribution < 1.29 is 24.2 Å². The number of carboxylic acids is 1. The Kier molecular flexibility index (Phi) is 6.46. The first-order chi connectivity index (χ1) is 11.6. The van der Waals surface area contributed by atoms with E-state index in [4.69, 9.17) is 14.6 Å².